The Labute approximate surface area is 240 Å². The number of aromatic nitrogens is 1. The van der Waals surface area contributed by atoms with Gasteiger partial charge in [-0.15, -0.1) is 0 Å². The molecule has 1 aromatic heterocycles. The summed E-state index contributed by atoms with van der Waals surface area (Å²) in [5.74, 6) is -0.231. The molecule has 2 aliphatic rings. The van der Waals surface area contributed by atoms with Crippen LogP contribution in [0, 0.1) is 11.6 Å². The highest BCUT2D eigenvalue weighted by Crippen LogP contribution is 2.44. The van der Waals surface area contributed by atoms with E-state index in [1.807, 2.05) is 18.1 Å². The van der Waals surface area contributed by atoms with E-state index in [9.17, 15) is 13.6 Å². The normalized spacial score (nSPS) is 16.6. The lowest BCUT2D eigenvalue weighted by molar-refractivity contribution is -0.130. The fourth-order valence-corrected chi connectivity index (χ4v) is 5.11. The molecule has 1 aliphatic carbocycles. The Morgan fingerprint density at radius 2 is 1.90 bits per heavy atom. The molecule has 3 N–H and O–H groups in total. The summed E-state index contributed by atoms with van der Waals surface area (Å²) in [4.78, 5) is 29.7. The SMILES string of the molecule is C=Nc1cncc(C2CC2)c1C(=NCC(/C=C\N)=C/C(=C)Nc1c(F)cccc1F)N(C)C1CCN(C(C)=O)CC1. The number of benzene rings is 1. The van der Waals surface area contributed by atoms with Crippen LogP contribution in [0.4, 0.5) is 20.2 Å². The largest absolute Gasteiger partial charge is 0.405 e. The summed E-state index contributed by atoms with van der Waals surface area (Å²) in [6, 6.07) is 3.80. The molecule has 1 saturated carbocycles. The molecule has 4 rings (SSSR count). The predicted octanol–water partition coefficient (Wildman–Crippen LogP) is 5.28. The van der Waals surface area contributed by atoms with E-state index in [-0.39, 0.29) is 29.9 Å². The van der Waals surface area contributed by atoms with Crippen LogP contribution in [0.25, 0.3) is 0 Å². The lowest BCUT2D eigenvalue weighted by Crippen LogP contribution is -2.47. The molecule has 2 aromatic rings. The molecule has 0 radical (unpaired) electrons. The van der Waals surface area contributed by atoms with Crippen LogP contribution in [0.2, 0.25) is 0 Å². The summed E-state index contributed by atoms with van der Waals surface area (Å²) in [6.07, 6.45) is 12.0. The molecule has 0 spiro atoms. The van der Waals surface area contributed by atoms with Crippen molar-refractivity contribution in [3.05, 3.63) is 89.6 Å². The standard InChI is InChI=1S/C31H37F2N7O/c1-20(38-30-26(32)6-5-7-27(30)33)16-22(10-13-34)17-37-31(39(4)24-11-14-40(15-12-24)21(2)41)29-25(23-8-9-23)18-36-19-28(29)35-3/h5-7,10,13,16,18-19,23-24,38H,1,3,8-9,11-12,14-15,17,34H2,2,4H3/b13-10-,22-16+,37-31?. The fraction of sp³-hybridized carbons (Fsp3) is 0.355. The maximum Gasteiger partial charge on any atom is 0.219 e. The lowest BCUT2D eigenvalue weighted by atomic mass is 9.99. The monoisotopic (exact) mass is 561 g/mol. The molecular weight excluding hydrogens is 524 g/mol. The molecule has 1 saturated heterocycles. The number of pyridine rings is 1. The van der Waals surface area contributed by atoms with E-state index >= 15 is 0 Å². The Morgan fingerprint density at radius 3 is 2.49 bits per heavy atom. The molecule has 1 amide bonds. The van der Waals surface area contributed by atoms with Gasteiger partial charge < -0.3 is 20.9 Å². The molecule has 0 bridgehead atoms. The second-order valence-corrected chi connectivity index (χ2v) is 10.4. The predicted molar refractivity (Wildman–Crippen MR) is 160 cm³/mol. The third-order valence-electron chi connectivity index (χ3n) is 7.49. The number of allylic oxidation sites excluding steroid dienone is 1. The van der Waals surface area contributed by atoms with E-state index < -0.39 is 11.6 Å². The summed E-state index contributed by atoms with van der Waals surface area (Å²) >= 11 is 0. The van der Waals surface area contributed by atoms with E-state index in [2.05, 4.69) is 33.5 Å². The second-order valence-electron chi connectivity index (χ2n) is 10.4. The van der Waals surface area contributed by atoms with Gasteiger partial charge in [0.15, 0.2) is 0 Å². The molecule has 2 heterocycles. The number of anilines is 1. The van der Waals surface area contributed by atoms with Gasteiger partial charge in [-0.3, -0.25) is 19.8 Å². The molecule has 1 aliphatic heterocycles. The van der Waals surface area contributed by atoms with Crippen molar-refractivity contribution in [2.75, 3.05) is 32.0 Å². The number of hydrogen-bond acceptors (Lipinski definition) is 6. The Morgan fingerprint density at radius 1 is 1.22 bits per heavy atom. The van der Waals surface area contributed by atoms with Gasteiger partial charge in [-0.25, -0.2) is 8.78 Å². The van der Waals surface area contributed by atoms with Crippen molar-refractivity contribution in [2.45, 2.75) is 44.6 Å². The van der Waals surface area contributed by atoms with Crippen LogP contribution in [0.1, 0.15) is 49.7 Å². The Bertz CT molecular complexity index is 1370. The molecule has 216 valence electrons. The van der Waals surface area contributed by atoms with Crippen molar-refractivity contribution in [1.82, 2.24) is 14.8 Å². The second kappa shape index (κ2) is 13.3. The van der Waals surface area contributed by atoms with Crippen molar-refractivity contribution in [2.24, 2.45) is 15.7 Å². The third kappa shape index (κ3) is 7.25. The zero-order valence-corrected chi connectivity index (χ0v) is 23.6. The van der Waals surface area contributed by atoms with Gasteiger partial charge in [-0.05, 0) is 79.9 Å². The van der Waals surface area contributed by atoms with Crippen LogP contribution < -0.4 is 11.1 Å². The Balaban J connectivity index is 1.68. The van der Waals surface area contributed by atoms with Gasteiger partial charge in [0.2, 0.25) is 5.91 Å². The van der Waals surface area contributed by atoms with Gasteiger partial charge in [0.25, 0.3) is 0 Å². The minimum Gasteiger partial charge on any atom is -0.405 e. The number of aliphatic imine (C=N–C) groups is 2. The number of amides is 1. The van der Waals surface area contributed by atoms with E-state index in [4.69, 9.17) is 10.7 Å². The molecular formula is C31H37F2N7O. The highest BCUT2D eigenvalue weighted by molar-refractivity contribution is 6.04. The molecule has 2 fully saturated rings. The first kappa shape index (κ1) is 29.6. The zero-order valence-electron chi connectivity index (χ0n) is 23.6. The number of hydrogen-bond donors (Lipinski definition) is 2. The van der Waals surface area contributed by atoms with Crippen molar-refractivity contribution < 1.29 is 13.6 Å². The molecule has 10 heteroatoms. The first-order valence-corrected chi connectivity index (χ1v) is 13.7. The summed E-state index contributed by atoms with van der Waals surface area (Å²) in [6.45, 7) is 10.9. The van der Waals surface area contributed by atoms with Gasteiger partial charge in [0.05, 0.1) is 18.4 Å². The molecule has 8 nitrogen and oxygen atoms in total. The molecule has 0 unspecified atom stereocenters. The van der Waals surface area contributed by atoms with Crippen molar-refractivity contribution >= 4 is 29.8 Å². The van der Waals surface area contributed by atoms with E-state index in [1.54, 1.807) is 25.3 Å². The summed E-state index contributed by atoms with van der Waals surface area (Å²) in [7, 11) is 2.01. The maximum atomic E-state index is 14.2. The van der Waals surface area contributed by atoms with E-state index in [1.165, 1.54) is 24.4 Å². The van der Waals surface area contributed by atoms with Crippen LogP contribution >= 0.6 is 0 Å². The van der Waals surface area contributed by atoms with Crippen LogP contribution in [-0.2, 0) is 4.79 Å². The van der Waals surface area contributed by atoms with Gasteiger partial charge in [0, 0.05) is 50.6 Å². The Kier molecular flexibility index (Phi) is 9.65. The van der Waals surface area contributed by atoms with Gasteiger partial charge in [0.1, 0.15) is 23.2 Å². The first-order chi connectivity index (χ1) is 19.7. The van der Waals surface area contributed by atoms with Gasteiger partial charge in [-0.2, -0.15) is 0 Å². The van der Waals surface area contributed by atoms with Gasteiger partial charge in [-0.1, -0.05) is 12.6 Å². The average molecular weight is 562 g/mol. The van der Waals surface area contributed by atoms with E-state index in [0.29, 0.717) is 30.3 Å². The van der Waals surface area contributed by atoms with Crippen molar-refractivity contribution in [1.29, 1.82) is 0 Å². The zero-order chi connectivity index (χ0) is 29.5. The fourth-order valence-electron chi connectivity index (χ4n) is 5.11. The van der Waals surface area contributed by atoms with Crippen LogP contribution in [0.5, 0.6) is 0 Å². The maximum absolute atomic E-state index is 14.2. The minimum atomic E-state index is -0.719. The number of likely N-dealkylation sites (tertiary alicyclic amines) is 1. The van der Waals surface area contributed by atoms with E-state index in [0.717, 1.165) is 42.6 Å². The summed E-state index contributed by atoms with van der Waals surface area (Å²) in [5, 5.41) is 2.71. The summed E-state index contributed by atoms with van der Waals surface area (Å²) < 4.78 is 28.4. The number of amidine groups is 1. The molecule has 41 heavy (non-hydrogen) atoms. The number of halogens is 2. The van der Waals surface area contributed by atoms with Crippen molar-refractivity contribution in [3.8, 4) is 0 Å². The molecule has 1 aromatic carbocycles. The van der Waals surface area contributed by atoms with Crippen LogP contribution in [-0.4, -0.2) is 66.0 Å². The first-order valence-electron chi connectivity index (χ1n) is 13.7. The third-order valence-corrected chi connectivity index (χ3v) is 7.49. The molecule has 0 atom stereocenters. The van der Waals surface area contributed by atoms with Crippen LogP contribution in [0.15, 0.2) is 76.8 Å². The number of carbonyl (C=O) groups is 1. The number of nitrogens with zero attached hydrogens (tertiary/aromatic N) is 5. The number of rotatable bonds is 10. The highest BCUT2D eigenvalue weighted by atomic mass is 19.1. The number of nitrogens with two attached hydrogens (primary N) is 1. The highest BCUT2D eigenvalue weighted by Gasteiger charge is 2.33. The average Bonchev–Trinajstić information content (AvgIpc) is 3.81. The summed E-state index contributed by atoms with van der Waals surface area (Å²) in [5.41, 5.74) is 9.05. The number of nitrogens with one attached hydrogen (secondary N) is 1. The smallest absolute Gasteiger partial charge is 0.219 e. The van der Waals surface area contributed by atoms with Gasteiger partial charge >= 0.3 is 0 Å². The topological polar surface area (TPSA) is 99.2 Å². The quantitative estimate of drug-likeness (QED) is 0.234. The van der Waals surface area contributed by atoms with Crippen molar-refractivity contribution in [3.63, 3.8) is 0 Å². The Hall–Kier alpha value is -4.34. The number of piperidine rings is 1. The van der Waals surface area contributed by atoms with Crippen LogP contribution in [0.3, 0.4) is 0 Å². The number of para-hydroxylation sites is 1. The number of carbonyl (C=O) groups excluding carboxylic acids is 1. The minimum absolute atomic E-state index is 0.0794. The lowest BCUT2D eigenvalue weighted by Gasteiger charge is -2.38.